The van der Waals surface area contributed by atoms with Crippen molar-refractivity contribution in [3.8, 4) is 0 Å². The third-order valence-electron chi connectivity index (χ3n) is 2.99. The van der Waals surface area contributed by atoms with E-state index in [1.807, 2.05) is 30.3 Å². The van der Waals surface area contributed by atoms with Gasteiger partial charge in [0.05, 0.1) is 12.7 Å². The summed E-state index contributed by atoms with van der Waals surface area (Å²) in [5, 5.41) is 28.4. The summed E-state index contributed by atoms with van der Waals surface area (Å²) in [6.07, 6.45) is -2.13. The number of ether oxygens (including phenoxy) is 1. The van der Waals surface area contributed by atoms with Crippen molar-refractivity contribution in [2.24, 2.45) is 0 Å². The van der Waals surface area contributed by atoms with Crippen LogP contribution in [-0.2, 0) is 10.5 Å². The van der Waals surface area contributed by atoms with Crippen molar-refractivity contribution in [3.05, 3.63) is 35.9 Å². The molecule has 1 aliphatic rings. The lowest BCUT2D eigenvalue weighted by Gasteiger charge is -2.36. The van der Waals surface area contributed by atoms with Crippen LogP contribution >= 0.6 is 11.8 Å². The van der Waals surface area contributed by atoms with Gasteiger partial charge in [0.15, 0.2) is 0 Å². The average Bonchev–Trinajstić information content (AvgIpc) is 2.41. The Balaban J connectivity index is 1.86. The van der Waals surface area contributed by atoms with Crippen molar-refractivity contribution in [3.63, 3.8) is 0 Å². The van der Waals surface area contributed by atoms with Crippen molar-refractivity contribution in [1.29, 1.82) is 0 Å². The lowest BCUT2D eigenvalue weighted by atomic mass is 10.0. The summed E-state index contributed by atoms with van der Waals surface area (Å²) in [6, 6.07) is 9.99. The van der Waals surface area contributed by atoms with Crippen LogP contribution in [0.15, 0.2) is 30.3 Å². The molecule has 1 aromatic rings. The Morgan fingerprint density at radius 1 is 1.22 bits per heavy atom. The van der Waals surface area contributed by atoms with Gasteiger partial charge in [-0.1, -0.05) is 30.3 Å². The molecule has 1 aromatic carbocycles. The smallest absolute Gasteiger partial charge is 0.110 e. The largest absolute Gasteiger partial charge is 0.394 e. The fourth-order valence-corrected chi connectivity index (χ4v) is 3.06. The first-order chi connectivity index (χ1) is 8.70. The summed E-state index contributed by atoms with van der Waals surface area (Å²) in [6.45, 7) is -0.277. The highest BCUT2D eigenvalue weighted by molar-refractivity contribution is 7.99. The predicted octanol–water partition coefficient (Wildman–Crippen LogP) is 0.749. The SMILES string of the molecule is OCC1O[C@@H](SCc2ccccc2)C[C@@H](O)[C@@H]1O. The highest BCUT2D eigenvalue weighted by Gasteiger charge is 2.36. The molecule has 0 bridgehead atoms. The van der Waals surface area contributed by atoms with Crippen molar-refractivity contribution < 1.29 is 20.1 Å². The predicted molar refractivity (Wildman–Crippen MR) is 70.1 cm³/mol. The van der Waals surface area contributed by atoms with Gasteiger partial charge < -0.3 is 20.1 Å². The molecule has 2 rings (SSSR count). The van der Waals surface area contributed by atoms with Crippen LogP contribution in [0.3, 0.4) is 0 Å². The van der Waals surface area contributed by atoms with E-state index in [1.54, 1.807) is 11.8 Å². The zero-order valence-electron chi connectivity index (χ0n) is 9.98. The Bertz CT molecular complexity index is 359. The Hall–Kier alpha value is -0.590. The van der Waals surface area contributed by atoms with E-state index in [4.69, 9.17) is 9.84 Å². The van der Waals surface area contributed by atoms with Gasteiger partial charge in [-0.25, -0.2) is 0 Å². The summed E-state index contributed by atoms with van der Waals surface area (Å²) in [5.74, 6) is 0.784. The Morgan fingerprint density at radius 2 is 1.94 bits per heavy atom. The first-order valence-corrected chi connectivity index (χ1v) is 7.03. The molecule has 4 atom stereocenters. The Kier molecular flexibility index (Phi) is 5.03. The van der Waals surface area contributed by atoms with Gasteiger partial charge >= 0.3 is 0 Å². The highest BCUT2D eigenvalue weighted by atomic mass is 32.2. The second kappa shape index (κ2) is 6.54. The molecule has 0 aromatic heterocycles. The minimum absolute atomic E-state index is 0.194. The number of aliphatic hydroxyl groups is 3. The van der Waals surface area contributed by atoms with Gasteiger partial charge in [0.1, 0.15) is 17.6 Å². The molecule has 0 saturated carbocycles. The normalized spacial score (nSPS) is 32.4. The highest BCUT2D eigenvalue weighted by Crippen LogP contribution is 2.29. The van der Waals surface area contributed by atoms with Gasteiger partial charge in [-0.05, 0) is 5.56 Å². The second-order valence-electron chi connectivity index (χ2n) is 4.38. The molecule has 0 amide bonds. The third-order valence-corrected chi connectivity index (χ3v) is 4.17. The summed E-state index contributed by atoms with van der Waals surface area (Å²) >= 11 is 1.57. The lowest BCUT2D eigenvalue weighted by Crippen LogP contribution is -2.49. The zero-order chi connectivity index (χ0) is 13.0. The molecule has 3 N–H and O–H groups in total. The van der Waals surface area contributed by atoms with Gasteiger partial charge in [-0.3, -0.25) is 0 Å². The summed E-state index contributed by atoms with van der Waals surface area (Å²) in [5.41, 5.74) is 0.994. The van der Waals surface area contributed by atoms with Crippen LogP contribution in [0.4, 0.5) is 0 Å². The molecule has 0 aliphatic carbocycles. The van der Waals surface area contributed by atoms with E-state index in [1.165, 1.54) is 5.56 Å². The molecule has 1 saturated heterocycles. The number of hydrogen-bond donors (Lipinski definition) is 3. The van der Waals surface area contributed by atoms with Crippen LogP contribution in [-0.4, -0.2) is 45.7 Å². The lowest BCUT2D eigenvalue weighted by molar-refractivity contribution is -0.157. The average molecular weight is 270 g/mol. The molecule has 4 nitrogen and oxygen atoms in total. The number of hydrogen-bond acceptors (Lipinski definition) is 5. The van der Waals surface area contributed by atoms with Crippen LogP contribution in [0.2, 0.25) is 0 Å². The second-order valence-corrected chi connectivity index (χ2v) is 5.52. The fourth-order valence-electron chi connectivity index (χ4n) is 1.94. The van der Waals surface area contributed by atoms with Gasteiger partial charge in [0, 0.05) is 12.2 Å². The summed E-state index contributed by atoms with van der Waals surface area (Å²) in [7, 11) is 0. The molecule has 1 aliphatic heterocycles. The zero-order valence-corrected chi connectivity index (χ0v) is 10.8. The third kappa shape index (κ3) is 3.46. The van der Waals surface area contributed by atoms with Crippen molar-refractivity contribution >= 4 is 11.8 Å². The van der Waals surface area contributed by atoms with Crippen LogP contribution in [0.5, 0.6) is 0 Å². The molecule has 5 heteroatoms. The maximum Gasteiger partial charge on any atom is 0.110 e. The first kappa shape index (κ1) is 13.8. The van der Waals surface area contributed by atoms with E-state index in [2.05, 4.69) is 0 Å². The van der Waals surface area contributed by atoms with Crippen LogP contribution in [0.1, 0.15) is 12.0 Å². The molecule has 0 spiro atoms. The fraction of sp³-hybridized carbons (Fsp3) is 0.538. The number of thioether (sulfide) groups is 1. The van der Waals surface area contributed by atoms with Crippen LogP contribution in [0.25, 0.3) is 0 Å². The van der Waals surface area contributed by atoms with Crippen molar-refractivity contribution in [2.75, 3.05) is 6.61 Å². The molecular formula is C13H18O4S. The Morgan fingerprint density at radius 3 is 2.61 bits per heavy atom. The number of aliphatic hydroxyl groups excluding tert-OH is 3. The minimum Gasteiger partial charge on any atom is -0.394 e. The molecule has 0 radical (unpaired) electrons. The van der Waals surface area contributed by atoms with Gasteiger partial charge in [0.25, 0.3) is 0 Å². The topological polar surface area (TPSA) is 69.9 Å². The monoisotopic (exact) mass is 270 g/mol. The molecule has 18 heavy (non-hydrogen) atoms. The van der Waals surface area contributed by atoms with E-state index in [-0.39, 0.29) is 12.0 Å². The molecule has 1 fully saturated rings. The van der Waals surface area contributed by atoms with Crippen LogP contribution in [0, 0.1) is 0 Å². The van der Waals surface area contributed by atoms with E-state index in [0.717, 1.165) is 5.75 Å². The maximum atomic E-state index is 9.69. The van der Waals surface area contributed by atoms with Gasteiger partial charge in [-0.2, -0.15) is 0 Å². The first-order valence-electron chi connectivity index (χ1n) is 5.98. The molecule has 100 valence electrons. The quantitative estimate of drug-likeness (QED) is 0.753. The van der Waals surface area contributed by atoms with E-state index in [0.29, 0.717) is 6.42 Å². The molecular weight excluding hydrogens is 252 g/mol. The van der Waals surface area contributed by atoms with E-state index >= 15 is 0 Å². The van der Waals surface area contributed by atoms with E-state index in [9.17, 15) is 10.2 Å². The Labute approximate surface area is 111 Å². The van der Waals surface area contributed by atoms with Crippen molar-refractivity contribution in [1.82, 2.24) is 0 Å². The van der Waals surface area contributed by atoms with E-state index < -0.39 is 18.3 Å². The maximum absolute atomic E-state index is 9.69. The summed E-state index contributed by atoms with van der Waals surface area (Å²) < 4.78 is 5.54. The van der Waals surface area contributed by atoms with Gasteiger partial charge in [-0.15, -0.1) is 11.8 Å². The number of rotatable bonds is 4. The van der Waals surface area contributed by atoms with Gasteiger partial charge in [0.2, 0.25) is 0 Å². The number of benzene rings is 1. The standard InChI is InChI=1S/C13H18O4S/c14-7-11-13(16)10(15)6-12(17-11)18-8-9-4-2-1-3-5-9/h1-5,10-16H,6-8H2/t10-,11?,12+,13+/m1/s1. The van der Waals surface area contributed by atoms with Crippen molar-refractivity contribution in [2.45, 2.75) is 35.9 Å². The molecule has 1 unspecified atom stereocenters. The summed E-state index contributed by atoms with van der Waals surface area (Å²) in [4.78, 5) is 0. The molecule has 1 heterocycles. The van der Waals surface area contributed by atoms with Crippen LogP contribution < -0.4 is 0 Å². The minimum atomic E-state index is -0.997.